The van der Waals surface area contributed by atoms with Crippen molar-refractivity contribution in [2.24, 2.45) is 0 Å². The second kappa shape index (κ2) is 4.88. The summed E-state index contributed by atoms with van der Waals surface area (Å²) in [5.74, 6) is 0.498. The van der Waals surface area contributed by atoms with Crippen LogP contribution in [0.25, 0.3) is 0 Å². The van der Waals surface area contributed by atoms with Gasteiger partial charge in [-0.15, -0.1) is 0 Å². The highest BCUT2D eigenvalue weighted by molar-refractivity contribution is 5.13. The molecule has 0 saturated heterocycles. The molecule has 0 aliphatic carbocycles. The maximum absolute atomic E-state index is 4.19. The Kier molecular flexibility index (Phi) is 3.30. The third-order valence-electron chi connectivity index (χ3n) is 2.66. The molecular formula is C14H17N2+. The van der Waals surface area contributed by atoms with Crippen LogP contribution in [0, 0.1) is 0 Å². The minimum atomic E-state index is 0.498. The summed E-state index contributed by atoms with van der Waals surface area (Å²) in [5.41, 5.74) is 2.59. The minimum Gasteiger partial charge on any atom is -0.252 e. The Balaban J connectivity index is 2.28. The molecule has 0 radical (unpaired) electrons. The molecule has 0 fully saturated rings. The highest BCUT2D eigenvalue weighted by atomic mass is 15.0. The molecule has 1 aromatic heterocycles. The molecular weight excluding hydrogens is 196 g/mol. The van der Waals surface area contributed by atoms with E-state index in [1.165, 1.54) is 11.3 Å². The van der Waals surface area contributed by atoms with Crippen LogP contribution in [0.1, 0.15) is 31.0 Å². The Morgan fingerprint density at radius 1 is 1.19 bits per heavy atom. The molecule has 2 heteroatoms. The first-order chi connectivity index (χ1) is 7.77. The summed E-state index contributed by atoms with van der Waals surface area (Å²) in [6.07, 6.45) is 5.84. The predicted molar refractivity (Wildman–Crippen MR) is 64.1 cm³/mol. The van der Waals surface area contributed by atoms with Gasteiger partial charge >= 0.3 is 0 Å². The zero-order chi connectivity index (χ0) is 11.4. The van der Waals surface area contributed by atoms with Gasteiger partial charge in [0.15, 0.2) is 12.7 Å². The highest BCUT2D eigenvalue weighted by Crippen LogP contribution is 2.08. The summed E-state index contributed by atoms with van der Waals surface area (Å²) in [6, 6.07) is 10.5. The van der Waals surface area contributed by atoms with E-state index in [-0.39, 0.29) is 0 Å². The van der Waals surface area contributed by atoms with Crippen LogP contribution in [0.4, 0.5) is 0 Å². The molecule has 0 unspecified atom stereocenters. The normalized spacial score (nSPS) is 10.7. The van der Waals surface area contributed by atoms with Crippen molar-refractivity contribution >= 4 is 0 Å². The zero-order valence-corrected chi connectivity index (χ0v) is 9.80. The Bertz CT molecular complexity index is 449. The smallest absolute Gasteiger partial charge is 0.202 e. The summed E-state index contributed by atoms with van der Waals surface area (Å²) in [4.78, 5) is 4.19. The number of hydrogen-bond acceptors (Lipinski definition) is 1. The van der Waals surface area contributed by atoms with Crippen molar-refractivity contribution in [1.82, 2.24) is 4.98 Å². The van der Waals surface area contributed by atoms with Gasteiger partial charge in [0.05, 0.1) is 12.4 Å². The van der Waals surface area contributed by atoms with Gasteiger partial charge < -0.3 is 0 Å². The van der Waals surface area contributed by atoms with E-state index in [9.17, 15) is 0 Å². The molecule has 1 aromatic carbocycles. The number of aromatic nitrogens is 2. The first-order valence-corrected chi connectivity index (χ1v) is 5.64. The molecule has 0 atom stereocenters. The van der Waals surface area contributed by atoms with E-state index in [0.29, 0.717) is 5.92 Å². The first kappa shape index (κ1) is 10.8. The number of rotatable bonds is 3. The van der Waals surface area contributed by atoms with Gasteiger partial charge in [-0.3, -0.25) is 4.98 Å². The molecule has 0 saturated carbocycles. The van der Waals surface area contributed by atoms with Crippen LogP contribution in [-0.4, -0.2) is 4.98 Å². The molecule has 16 heavy (non-hydrogen) atoms. The maximum atomic E-state index is 4.19. The summed E-state index contributed by atoms with van der Waals surface area (Å²) >= 11 is 0. The lowest BCUT2D eigenvalue weighted by atomic mass is 10.1. The molecule has 0 amide bonds. The van der Waals surface area contributed by atoms with Gasteiger partial charge in [-0.1, -0.05) is 44.2 Å². The molecule has 0 spiro atoms. The first-order valence-electron chi connectivity index (χ1n) is 5.64. The van der Waals surface area contributed by atoms with Crippen molar-refractivity contribution < 1.29 is 4.57 Å². The lowest BCUT2D eigenvalue weighted by molar-refractivity contribution is -0.697. The van der Waals surface area contributed by atoms with Gasteiger partial charge in [-0.2, -0.15) is 4.57 Å². The lowest BCUT2D eigenvalue weighted by Crippen LogP contribution is -2.39. The van der Waals surface area contributed by atoms with E-state index >= 15 is 0 Å². The van der Waals surface area contributed by atoms with E-state index in [0.717, 1.165) is 6.54 Å². The molecule has 2 aromatic rings. The van der Waals surface area contributed by atoms with Crippen molar-refractivity contribution in [2.45, 2.75) is 26.3 Å². The molecule has 0 bridgehead atoms. The summed E-state index contributed by atoms with van der Waals surface area (Å²) in [7, 11) is 0. The van der Waals surface area contributed by atoms with E-state index in [4.69, 9.17) is 0 Å². The van der Waals surface area contributed by atoms with Crippen LogP contribution in [0.2, 0.25) is 0 Å². The summed E-state index contributed by atoms with van der Waals surface area (Å²) in [6.45, 7) is 5.30. The van der Waals surface area contributed by atoms with Crippen molar-refractivity contribution in [1.29, 1.82) is 0 Å². The van der Waals surface area contributed by atoms with E-state index in [1.807, 2.05) is 24.7 Å². The number of nitrogens with zero attached hydrogens (tertiary/aromatic N) is 2. The highest BCUT2D eigenvalue weighted by Gasteiger charge is 2.13. The average Bonchev–Trinajstić information content (AvgIpc) is 2.31. The molecule has 0 N–H and O–H groups in total. The van der Waals surface area contributed by atoms with Gasteiger partial charge in [0.1, 0.15) is 0 Å². The van der Waals surface area contributed by atoms with Crippen molar-refractivity contribution in [3.63, 3.8) is 0 Å². The predicted octanol–water partition coefficient (Wildman–Crippen LogP) is 2.54. The number of benzene rings is 1. The second-order valence-corrected chi connectivity index (χ2v) is 4.27. The summed E-state index contributed by atoms with van der Waals surface area (Å²) in [5, 5.41) is 0. The van der Waals surface area contributed by atoms with Gasteiger partial charge in [-0.25, -0.2) is 0 Å². The maximum Gasteiger partial charge on any atom is 0.202 e. The Hall–Kier alpha value is -1.70. The second-order valence-electron chi connectivity index (χ2n) is 4.27. The van der Waals surface area contributed by atoms with Gasteiger partial charge in [-0.05, 0) is 0 Å². The quantitative estimate of drug-likeness (QED) is 0.716. The monoisotopic (exact) mass is 213 g/mol. The van der Waals surface area contributed by atoms with Crippen molar-refractivity contribution in [3.05, 3.63) is 60.2 Å². The van der Waals surface area contributed by atoms with Crippen LogP contribution < -0.4 is 4.57 Å². The molecule has 0 aliphatic rings. The van der Waals surface area contributed by atoms with E-state index < -0.39 is 0 Å². The third-order valence-corrected chi connectivity index (χ3v) is 2.66. The van der Waals surface area contributed by atoms with Gasteiger partial charge in [0, 0.05) is 11.5 Å². The molecule has 2 nitrogen and oxygen atoms in total. The Morgan fingerprint density at radius 2 is 1.94 bits per heavy atom. The van der Waals surface area contributed by atoms with Gasteiger partial charge in [0.2, 0.25) is 5.69 Å². The SMILES string of the molecule is CC(C)c1cncc[n+]1Cc1ccccc1. The van der Waals surface area contributed by atoms with Crippen LogP contribution in [0.3, 0.4) is 0 Å². The third kappa shape index (κ3) is 2.45. The standard InChI is InChI=1S/C14H17N2/c1-12(2)14-10-15-8-9-16(14)11-13-6-4-3-5-7-13/h3-10,12H,11H2,1-2H3/q+1. The van der Waals surface area contributed by atoms with Crippen LogP contribution in [-0.2, 0) is 6.54 Å². The molecule has 2 rings (SSSR count). The fraction of sp³-hybridized carbons (Fsp3) is 0.286. The fourth-order valence-corrected chi connectivity index (χ4v) is 1.80. The Labute approximate surface area is 96.6 Å². The van der Waals surface area contributed by atoms with Crippen molar-refractivity contribution in [3.8, 4) is 0 Å². The lowest BCUT2D eigenvalue weighted by Gasteiger charge is -2.05. The largest absolute Gasteiger partial charge is 0.252 e. The zero-order valence-electron chi connectivity index (χ0n) is 9.80. The number of hydrogen-bond donors (Lipinski definition) is 0. The van der Waals surface area contributed by atoms with Crippen LogP contribution in [0.15, 0.2) is 48.9 Å². The van der Waals surface area contributed by atoms with Crippen LogP contribution >= 0.6 is 0 Å². The van der Waals surface area contributed by atoms with E-state index in [2.05, 4.69) is 47.7 Å². The topological polar surface area (TPSA) is 16.8 Å². The van der Waals surface area contributed by atoms with E-state index in [1.54, 1.807) is 0 Å². The Morgan fingerprint density at radius 3 is 2.62 bits per heavy atom. The van der Waals surface area contributed by atoms with Gasteiger partial charge in [0.25, 0.3) is 0 Å². The minimum absolute atomic E-state index is 0.498. The summed E-state index contributed by atoms with van der Waals surface area (Å²) < 4.78 is 2.26. The fourth-order valence-electron chi connectivity index (χ4n) is 1.80. The molecule has 0 aliphatic heterocycles. The van der Waals surface area contributed by atoms with Crippen molar-refractivity contribution in [2.75, 3.05) is 0 Å². The molecule has 1 heterocycles. The van der Waals surface area contributed by atoms with Crippen LogP contribution in [0.5, 0.6) is 0 Å². The molecule has 82 valence electrons. The average molecular weight is 213 g/mol.